The van der Waals surface area contributed by atoms with Gasteiger partial charge in [0.1, 0.15) is 0 Å². The van der Waals surface area contributed by atoms with Crippen LogP contribution in [0.5, 0.6) is 0 Å². The molecule has 1 N–H and O–H groups in total. The molecule has 6 nitrogen and oxygen atoms in total. The van der Waals surface area contributed by atoms with Crippen molar-refractivity contribution in [2.45, 2.75) is 13.3 Å². The third-order valence-electron chi connectivity index (χ3n) is 2.25. The number of nitrogens with zero attached hydrogens (tertiary/aromatic N) is 3. The molecule has 0 unspecified atom stereocenters. The Morgan fingerprint density at radius 1 is 1.33 bits per heavy atom. The Bertz CT molecular complexity index is 608. The van der Waals surface area contributed by atoms with Crippen LogP contribution in [0.3, 0.4) is 0 Å². The Morgan fingerprint density at radius 3 is 2.83 bits per heavy atom. The van der Waals surface area contributed by atoms with Crippen LogP contribution in [0.1, 0.15) is 13.3 Å². The van der Waals surface area contributed by atoms with Gasteiger partial charge in [-0.15, -0.1) is 0 Å². The molecule has 2 rings (SSSR count). The highest BCUT2D eigenvalue weighted by Gasteiger charge is 2.13. The molecule has 0 spiro atoms. The Kier molecular flexibility index (Phi) is 3.61. The SMILES string of the molecule is CCCS(=O)(=O)Nc1cccnc1-n1cccn1. The van der Waals surface area contributed by atoms with E-state index in [0.29, 0.717) is 17.9 Å². The lowest BCUT2D eigenvalue weighted by Gasteiger charge is -2.10. The first-order valence-electron chi connectivity index (χ1n) is 5.58. The van der Waals surface area contributed by atoms with E-state index >= 15 is 0 Å². The fourth-order valence-electron chi connectivity index (χ4n) is 1.54. The molecule has 0 fully saturated rings. The van der Waals surface area contributed by atoms with Crippen molar-refractivity contribution in [3.05, 3.63) is 36.8 Å². The Labute approximate surface area is 106 Å². The van der Waals surface area contributed by atoms with Gasteiger partial charge in [-0.2, -0.15) is 5.10 Å². The summed E-state index contributed by atoms with van der Waals surface area (Å²) in [6.07, 6.45) is 5.47. The van der Waals surface area contributed by atoms with Crippen molar-refractivity contribution in [2.24, 2.45) is 0 Å². The van der Waals surface area contributed by atoms with E-state index in [0.717, 1.165) is 0 Å². The van der Waals surface area contributed by atoms with Crippen molar-refractivity contribution in [1.29, 1.82) is 0 Å². The van der Waals surface area contributed by atoms with Crippen LogP contribution >= 0.6 is 0 Å². The average Bonchev–Trinajstić information content (AvgIpc) is 2.82. The van der Waals surface area contributed by atoms with Crippen molar-refractivity contribution in [3.63, 3.8) is 0 Å². The molecule has 2 aromatic rings. The number of anilines is 1. The highest BCUT2D eigenvalue weighted by atomic mass is 32.2. The number of pyridine rings is 1. The summed E-state index contributed by atoms with van der Waals surface area (Å²) >= 11 is 0. The zero-order chi connectivity index (χ0) is 13.0. The van der Waals surface area contributed by atoms with E-state index in [1.807, 2.05) is 6.92 Å². The summed E-state index contributed by atoms with van der Waals surface area (Å²) in [7, 11) is -3.33. The van der Waals surface area contributed by atoms with Crippen LogP contribution in [0.4, 0.5) is 5.69 Å². The van der Waals surface area contributed by atoms with Crippen molar-refractivity contribution in [3.8, 4) is 5.82 Å². The minimum atomic E-state index is -3.33. The molecule has 2 aromatic heterocycles. The molecule has 0 aromatic carbocycles. The van der Waals surface area contributed by atoms with Crippen molar-refractivity contribution < 1.29 is 8.42 Å². The minimum absolute atomic E-state index is 0.0838. The van der Waals surface area contributed by atoms with Gasteiger partial charge in [-0.05, 0) is 24.6 Å². The summed E-state index contributed by atoms with van der Waals surface area (Å²) in [6.45, 7) is 1.82. The van der Waals surface area contributed by atoms with E-state index < -0.39 is 10.0 Å². The highest BCUT2D eigenvalue weighted by molar-refractivity contribution is 7.92. The molecule has 0 aliphatic rings. The van der Waals surface area contributed by atoms with E-state index in [1.54, 1.807) is 36.8 Å². The smallest absolute Gasteiger partial charge is 0.232 e. The van der Waals surface area contributed by atoms with Crippen LogP contribution in [0.2, 0.25) is 0 Å². The Hall–Kier alpha value is -1.89. The second-order valence-corrected chi connectivity index (χ2v) is 5.59. The summed E-state index contributed by atoms with van der Waals surface area (Å²) in [5.74, 6) is 0.544. The molecule has 0 aliphatic heterocycles. The first kappa shape index (κ1) is 12.6. The van der Waals surface area contributed by atoms with Gasteiger partial charge in [0.05, 0.1) is 11.4 Å². The van der Waals surface area contributed by atoms with E-state index in [1.165, 1.54) is 4.68 Å². The second kappa shape index (κ2) is 5.18. The first-order chi connectivity index (χ1) is 8.62. The van der Waals surface area contributed by atoms with E-state index in [2.05, 4.69) is 14.8 Å². The monoisotopic (exact) mass is 266 g/mol. The van der Waals surface area contributed by atoms with Crippen molar-refractivity contribution in [2.75, 3.05) is 10.5 Å². The van der Waals surface area contributed by atoms with E-state index in [-0.39, 0.29) is 5.75 Å². The fraction of sp³-hybridized carbons (Fsp3) is 0.273. The predicted octanol–water partition coefficient (Wildman–Crippen LogP) is 1.42. The maximum absolute atomic E-state index is 11.8. The number of hydrogen-bond acceptors (Lipinski definition) is 4. The lowest BCUT2D eigenvalue weighted by atomic mass is 10.4. The van der Waals surface area contributed by atoms with E-state index in [4.69, 9.17) is 0 Å². The topological polar surface area (TPSA) is 76.9 Å². The summed E-state index contributed by atoms with van der Waals surface area (Å²) < 4.78 is 27.5. The van der Waals surface area contributed by atoms with Gasteiger partial charge in [0.15, 0.2) is 5.82 Å². The zero-order valence-corrected chi connectivity index (χ0v) is 10.8. The van der Waals surface area contributed by atoms with Gasteiger partial charge in [-0.25, -0.2) is 18.1 Å². The van der Waals surface area contributed by atoms with Gasteiger partial charge in [0.25, 0.3) is 0 Å². The Morgan fingerprint density at radius 2 is 2.17 bits per heavy atom. The number of hydrogen-bond donors (Lipinski definition) is 1. The molecular formula is C11H14N4O2S. The first-order valence-corrected chi connectivity index (χ1v) is 7.23. The maximum Gasteiger partial charge on any atom is 0.232 e. The molecule has 0 radical (unpaired) electrons. The molecule has 0 saturated heterocycles. The molecular weight excluding hydrogens is 252 g/mol. The molecule has 0 saturated carbocycles. The predicted molar refractivity (Wildman–Crippen MR) is 69.1 cm³/mol. The van der Waals surface area contributed by atoms with Gasteiger partial charge >= 0.3 is 0 Å². The van der Waals surface area contributed by atoms with Crippen molar-refractivity contribution >= 4 is 15.7 Å². The number of rotatable bonds is 5. The molecule has 96 valence electrons. The quantitative estimate of drug-likeness (QED) is 0.888. The molecule has 0 atom stereocenters. The zero-order valence-electron chi connectivity index (χ0n) is 9.94. The largest absolute Gasteiger partial charge is 0.280 e. The fourth-order valence-corrected chi connectivity index (χ4v) is 2.67. The molecule has 0 aliphatic carbocycles. The third kappa shape index (κ3) is 2.86. The van der Waals surface area contributed by atoms with Crippen LogP contribution in [-0.4, -0.2) is 28.9 Å². The summed E-state index contributed by atoms with van der Waals surface area (Å²) in [5, 5.41) is 4.04. The molecule has 2 heterocycles. The molecule has 0 bridgehead atoms. The lowest BCUT2D eigenvalue weighted by Crippen LogP contribution is -2.18. The lowest BCUT2D eigenvalue weighted by molar-refractivity contribution is 0.599. The van der Waals surface area contributed by atoms with Gasteiger partial charge < -0.3 is 0 Å². The standard InChI is InChI=1S/C11H14N4O2S/c1-2-9-18(16,17)14-10-5-3-6-12-11(10)15-8-4-7-13-15/h3-8,14H,2,9H2,1H3. The van der Waals surface area contributed by atoms with Crippen LogP contribution in [-0.2, 0) is 10.0 Å². The van der Waals surface area contributed by atoms with Gasteiger partial charge in [-0.3, -0.25) is 4.72 Å². The number of nitrogens with one attached hydrogen (secondary N) is 1. The Balaban J connectivity index is 2.35. The molecule has 0 amide bonds. The van der Waals surface area contributed by atoms with Crippen LogP contribution in [0.15, 0.2) is 36.8 Å². The van der Waals surface area contributed by atoms with Gasteiger partial charge in [0.2, 0.25) is 10.0 Å². The normalized spacial score (nSPS) is 11.4. The maximum atomic E-state index is 11.8. The number of sulfonamides is 1. The van der Waals surface area contributed by atoms with Crippen LogP contribution in [0.25, 0.3) is 5.82 Å². The van der Waals surface area contributed by atoms with Gasteiger partial charge in [0, 0.05) is 18.6 Å². The summed E-state index contributed by atoms with van der Waals surface area (Å²) in [5.41, 5.74) is 0.426. The average molecular weight is 266 g/mol. The third-order valence-corrected chi connectivity index (χ3v) is 3.72. The molecule has 7 heteroatoms. The highest BCUT2D eigenvalue weighted by Crippen LogP contribution is 2.17. The summed E-state index contributed by atoms with van der Waals surface area (Å²) in [4.78, 5) is 4.14. The van der Waals surface area contributed by atoms with Crippen LogP contribution < -0.4 is 4.72 Å². The minimum Gasteiger partial charge on any atom is -0.280 e. The van der Waals surface area contributed by atoms with Crippen LogP contribution in [0, 0.1) is 0 Å². The van der Waals surface area contributed by atoms with E-state index in [9.17, 15) is 8.42 Å². The second-order valence-electron chi connectivity index (χ2n) is 3.75. The molecule has 18 heavy (non-hydrogen) atoms. The number of aromatic nitrogens is 3. The summed E-state index contributed by atoms with van der Waals surface area (Å²) in [6, 6.07) is 5.09. The van der Waals surface area contributed by atoms with Gasteiger partial charge in [-0.1, -0.05) is 6.92 Å². The van der Waals surface area contributed by atoms with Crippen molar-refractivity contribution in [1.82, 2.24) is 14.8 Å².